The van der Waals surface area contributed by atoms with Crippen LogP contribution in [0.2, 0.25) is 0 Å². The Kier molecular flexibility index (Phi) is 1.63. The van der Waals surface area contributed by atoms with Crippen molar-refractivity contribution in [3.05, 3.63) is 18.4 Å². The number of aromatic nitrogens is 1. The summed E-state index contributed by atoms with van der Waals surface area (Å²) >= 11 is 0. The molecule has 0 aromatic carbocycles. The molecule has 0 amide bonds. The minimum Gasteiger partial charge on any atom is -0.448 e. The second kappa shape index (κ2) is 2.92. The number of carbonyl (C=O) groups excluding carboxylic acids is 2. The molecule has 0 atom stereocenters. The van der Waals surface area contributed by atoms with Crippen LogP contribution in [0.5, 0.6) is 0 Å². The molecule has 2 bridgehead atoms. The van der Waals surface area contributed by atoms with E-state index >= 15 is 0 Å². The normalized spacial score (nSPS) is 36.1. The molecule has 1 spiro atoms. The topological polar surface area (TPSA) is 81.9 Å². The van der Waals surface area contributed by atoms with Gasteiger partial charge in [0, 0.05) is 19.5 Å². The summed E-state index contributed by atoms with van der Waals surface area (Å²) < 4.78 is 15.5. The first kappa shape index (κ1) is 10.1. The van der Waals surface area contributed by atoms with E-state index in [-0.39, 0.29) is 5.41 Å². The minimum absolute atomic E-state index is 0.0802. The van der Waals surface area contributed by atoms with Crippen molar-refractivity contribution in [3.8, 4) is 0 Å². The van der Waals surface area contributed by atoms with E-state index in [0.717, 1.165) is 12.2 Å². The second-order valence-electron chi connectivity index (χ2n) is 4.99. The molecule has 4 saturated heterocycles. The number of piperidine rings is 2. The van der Waals surface area contributed by atoms with Gasteiger partial charge in [-0.05, 0) is 6.42 Å². The fourth-order valence-corrected chi connectivity index (χ4v) is 3.02. The maximum atomic E-state index is 11.2. The molecule has 7 heteroatoms. The van der Waals surface area contributed by atoms with Gasteiger partial charge in [-0.2, -0.15) is 0 Å². The van der Waals surface area contributed by atoms with Crippen LogP contribution in [0.1, 0.15) is 18.6 Å². The molecular weight excluding hydrogens is 240 g/mol. The molecule has 0 unspecified atom stereocenters. The third kappa shape index (κ3) is 1.05. The SMILES string of the molecule is O=C1OC2(CCC3(c4cnco4)CN2C3)OC1=O. The molecule has 5 heterocycles. The van der Waals surface area contributed by atoms with Crippen LogP contribution in [0, 0.1) is 0 Å². The summed E-state index contributed by atoms with van der Waals surface area (Å²) in [6, 6.07) is 0. The summed E-state index contributed by atoms with van der Waals surface area (Å²) in [4.78, 5) is 28.1. The van der Waals surface area contributed by atoms with E-state index in [0.29, 0.717) is 19.5 Å². The van der Waals surface area contributed by atoms with E-state index in [1.165, 1.54) is 6.39 Å². The van der Waals surface area contributed by atoms with Crippen LogP contribution in [0.4, 0.5) is 0 Å². The Hall–Kier alpha value is -1.89. The molecule has 1 aromatic heterocycles. The molecule has 0 N–H and O–H groups in total. The standard InChI is InChI=1S/C11H10N2O5/c14-8-9(15)18-11(17-8)2-1-10(4-13(11)5-10)7-3-12-6-16-7/h3,6H,1-2,4-5H2. The van der Waals surface area contributed by atoms with Gasteiger partial charge < -0.3 is 13.9 Å². The van der Waals surface area contributed by atoms with Crippen molar-refractivity contribution in [1.82, 2.24) is 9.88 Å². The van der Waals surface area contributed by atoms with Crippen molar-refractivity contribution in [2.45, 2.75) is 24.2 Å². The molecule has 18 heavy (non-hydrogen) atoms. The van der Waals surface area contributed by atoms with E-state index in [2.05, 4.69) is 4.98 Å². The van der Waals surface area contributed by atoms with Gasteiger partial charge in [0.2, 0.25) is 0 Å². The molecular formula is C11H10N2O5. The molecule has 4 aliphatic heterocycles. The van der Waals surface area contributed by atoms with Gasteiger partial charge in [-0.3, -0.25) is 0 Å². The van der Waals surface area contributed by atoms with E-state index in [1.807, 2.05) is 4.90 Å². The molecule has 5 rings (SSSR count). The lowest BCUT2D eigenvalue weighted by Gasteiger charge is -2.58. The largest absolute Gasteiger partial charge is 0.448 e. The number of ether oxygens (including phenoxy) is 2. The van der Waals surface area contributed by atoms with Gasteiger partial charge in [0.25, 0.3) is 0 Å². The number of esters is 2. The smallest absolute Gasteiger partial charge is 0.421 e. The summed E-state index contributed by atoms with van der Waals surface area (Å²) in [5.41, 5.74) is -0.0802. The highest BCUT2D eigenvalue weighted by Crippen LogP contribution is 2.51. The first-order valence-electron chi connectivity index (χ1n) is 5.74. The van der Waals surface area contributed by atoms with Crippen molar-refractivity contribution in [1.29, 1.82) is 0 Å². The van der Waals surface area contributed by atoms with Gasteiger partial charge >= 0.3 is 17.8 Å². The molecule has 4 aliphatic rings. The molecule has 4 fully saturated rings. The highest BCUT2D eigenvalue weighted by atomic mass is 16.8. The first-order valence-corrected chi connectivity index (χ1v) is 5.74. The molecule has 0 aliphatic carbocycles. The first-order chi connectivity index (χ1) is 8.64. The molecule has 1 aromatic rings. The predicted molar refractivity (Wildman–Crippen MR) is 53.9 cm³/mol. The van der Waals surface area contributed by atoms with Crippen LogP contribution >= 0.6 is 0 Å². The van der Waals surface area contributed by atoms with Crippen molar-refractivity contribution in [3.63, 3.8) is 0 Å². The van der Waals surface area contributed by atoms with Crippen LogP contribution in [0.15, 0.2) is 17.0 Å². The minimum atomic E-state index is -1.17. The quantitative estimate of drug-likeness (QED) is 0.503. The van der Waals surface area contributed by atoms with Gasteiger partial charge in [0.1, 0.15) is 5.76 Å². The summed E-state index contributed by atoms with van der Waals surface area (Å²) in [7, 11) is 0. The van der Waals surface area contributed by atoms with E-state index in [9.17, 15) is 9.59 Å². The zero-order valence-electron chi connectivity index (χ0n) is 9.42. The third-order valence-corrected chi connectivity index (χ3v) is 4.01. The van der Waals surface area contributed by atoms with Crippen LogP contribution in [0.3, 0.4) is 0 Å². The van der Waals surface area contributed by atoms with Gasteiger partial charge in [0.05, 0.1) is 11.6 Å². The molecule has 94 valence electrons. The maximum Gasteiger partial charge on any atom is 0.421 e. The lowest BCUT2D eigenvalue weighted by molar-refractivity contribution is -0.309. The van der Waals surface area contributed by atoms with Crippen LogP contribution in [-0.4, -0.2) is 40.8 Å². The monoisotopic (exact) mass is 250 g/mol. The highest BCUT2D eigenvalue weighted by Gasteiger charge is 2.66. The summed E-state index contributed by atoms with van der Waals surface area (Å²) in [5, 5.41) is 0. The zero-order valence-corrected chi connectivity index (χ0v) is 9.42. The summed E-state index contributed by atoms with van der Waals surface area (Å²) in [6.45, 7) is 1.28. The third-order valence-electron chi connectivity index (χ3n) is 4.01. The number of hydrogen-bond acceptors (Lipinski definition) is 7. The lowest BCUT2D eigenvalue weighted by atomic mass is 9.69. The number of oxazole rings is 1. The predicted octanol–water partition coefficient (Wildman–Crippen LogP) is -0.224. The molecule has 7 nitrogen and oxygen atoms in total. The van der Waals surface area contributed by atoms with Crippen LogP contribution in [-0.2, 0) is 24.5 Å². The average molecular weight is 250 g/mol. The number of rotatable bonds is 1. The average Bonchev–Trinajstić information content (AvgIpc) is 2.89. The van der Waals surface area contributed by atoms with Crippen LogP contribution < -0.4 is 0 Å². The van der Waals surface area contributed by atoms with Crippen molar-refractivity contribution in [2.75, 3.05) is 13.1 Å². The van der Waals surface area contributed by atoms with Crippen molar-refractivity contribution >= 4 is 11.9 Å². The molecule has 0 radical (unpaired) electrons. The number of carbonyl (C=O) groups is 2. The van der Waals surface area contributed by atoms with E-state index in [4.69, 9.17) is 13.9 Å². The lowest BCUT2D eigenvalue weighted by Crippen LogP contribution is -2.72. The summed E-state index contributed by atoms with van der Waals surface area (Å²) in [5.74, 6) is -2.15. The van der Waals surface area contributed by atoms with E-state index < -0.39 is 17.8 Å². The fraction of sp³-hybridized carbons (Fsp3) is 0.545. The Morgan fingerprint density at radius 3 is 2.39 bits per heavy atom. The maximum absolute atomic E-state index is 11.2. The number of fused-ring (bicyclic) bond motifs is 1. The van der Waals surface area contributed by atoms with E-state index in [1.54, 1.807) is 6.20 Å². The zero-order chi connectivity index (χ0) is 12.4. The Morgan fingerprint density at radius 2 is 1.89 bits per heavy atom. The van der Waals surface area contributed by atoms with Gasteiger partial charge in [-0.25, -0.2) is 19.5 Å². The summed E-state index contributed by atoms with van der Waals surface area (Å²) in [6.07, 6.45) is 4.32. The second-order valence-corrected chi connectivity index (χ2v) is 4.99. The Bertz CT molecular complexity index is 510. The Labute approximate surface area is 102 Å². The Morgan fingerprint density at radius 1 is 1.17 bits per heavy atom. The van der Waals surface area contributed by atoms with Crippen molar-refractivity contribution in [2.24, 2.45) is 0 Å². The number of nitrogens with zero attached hydrogens (tertiary/aromatic N) is 2. The fourth-order valence-electron chi connectivity index (χ4n) is 3.02. The molecule has 0 saturated carbocycles. The van der Waals surface area contributed by atoms with Gasteiger partial charge in [-0.15, -0.1) is 0 Å². The highest BCUT2D eigenvalue weighted by molar-refractivity contribution is 6.31. The Balaban J connectivity index is 1.60. The van der Waals surface area contributed by atoms with Crippen LogP contribution in [0.25, 0.3) is 0 Å². The van der Waals surface area contributed by atoms with Gasteiger partial charge in [-0.1, -0.05) is 0 Å². The number of hydrogen-bond donors (Lipinski definition) is 0. The van der Waals surface area contributed by atoms with Crippen molar-refractivity contribution < 1.29 is 23.5 Å². The van der Waals surface area contributed by atoms with Gasteiger partial charge in [0.15, 0.2) is 6.39 Å².